The van der Waals surface area contributed by atoms with Crippen LogP contribution in [0.1, 0.15) is 18.4 Å². The first-order chi connectivity index (χ1) is 12.1. The Morgan fingerprint density at radius 1 is 1.08 bits per heavy atom. The molecule has 25 heavy (non-hydrogen) atoms. The molecule has 3 rings (SSSR count). The van der Waals surface area contributed by atoms with E-state index in [4.69, 9.17) is 4.74 Å². The Morgan fingerprint density at radius 2 is 1.72 bits per heavy atom. The number of carboxylic acids is 1. The first kappa shape index (κ1) is 17.0. The summed E-state index contributed by atoms with van der Waals surface area (Å²) in [5.74, 6) is -0.469. The number of para-hydroxylation sites is 1. The number of benzene rings is 1. The SMILES string of the molecule is O=C(Cc1ccncc1)N1CCC(Oc2ccccc2)(C(=O)O)CC1. The average molecular weight is 340 g/mol. The number of nitrogens with zero attached hydrogens (tertiary/aromatic N) is 2. The van der Waals surface area contributed by atoms with Gasteiger partial charge in [-0.25, -0.2) is 4.79 Å². The van der Waals surface area contributed by atoms with E-state index in [2.05, 4.69) is 4.98 Å². The molecule has 0 bridgehead atoms. The first-order valence-electron chi connectivity index (χ1n) is 8.23. The Labute approximate surface area is 146 Å². The molecule has 1 aromatic carbocycles. The monoisotopic (exact) mass is 340 g/mol. The number of carboxylic acid groups (broad SMARTS) is 1. The zero-order chi connectivity index (χ0) is 17.7. The summed E-state index contributed by atoms with van der Waals surface area (Å²) in [5.41, 5.74) is -0.384. The molecule has 1 fully saturated rings. The molecule has 1 aliphatic rings. The molecule has 1 aromatic heterocycles. The van der Waals surface area contributed by atoms with Crippen LogP contribution in [0.25, 0.3) is 0 Å². The molecular weight excluding hydrogens is 320 g/mol. The molecule has 1 amide bonds. The molecule has 6 nitrogen and oxygen atoms in total. The fourth-order valence-corrected chi connectivity index (χ4v) is 2.98. The van der Waals surface area contributed by atoms with E-state index in [-0.39, 0.29) is 18.7 Å². The maximum atomic E-state index is 12.4. The number of hydrogen-bond acceptors (Lipinski definition) is 4. The van der Waals surface area contributed by atoms with Gasteiger partial charge in [-0.15, -0.1) is 0 Å². The van der Waals surface area contributed by atoms with E-state index in [9.17, 15) is 14.7 Å². The molecule has 2 heterocycles. The van der Waals surface area contributed by atoms with Gasteiger partial charge in [-0.1, -0.05) is 18.2 Å². The van der Waals surface area contributed by atoms with Crippen LogP contribution in [0, 0.1) is 0 Å². The fourth-order valence-electron chi connectivity index (χ4n) is 2.98. The van der Waals surface area contributed by atoms with Gasteiger partial charge in [-0.2, -0.15) is 0 Å². The quantitative estimate of drug-likeness (QED) is 0.902. The molecule has 6 heteroatoms. The van der Waals surface area contributed by atoms with Crippen molar-refractivity contribution in [2.24, 2.45) is 0 Å². The third-order valence-corrected chi connectivity index (χ3v) is 4.47. The first-order valence-corrected chi connectivity index (χ1v) is 8.23. The third kappa shape index (κ3) is 3.96. The minimum Gasteiger partial charge on any atom is -0.478 e. The number of ether oxygens (including phenoxy) is 1. The van der Waals surface area contributed by atoms with Crippen LogP contribution in [0.4, 0.5) is 0 Å². The highest BCUT2D eigenvalue weighted by atomic mass is 16.5. The highest BCUT2D eigenvalue weighted by Crippen LogP contribution is 2.29. The van der Waals surface area contributed by atoms with Crippen molar-refractivity contribution in [3.63, 3.8) is 0 Å². The van der Waals surface area contributed by atoms with Gasteiger partial charge >= 0.3 is 5.97 Å². The summed E-state index contributed by atoms with van der Waals surface area (Å²) >= 11 is 0. The summed E-state index contributed by atoms with van der Waals surface area (Å²) in [6.45, 7) is 0.728. The third-order valence-electron chi connectivity index (χ3n) is 4.47. The van der Waals surface area contributed by atoms with Crippen LogP contribution < -0.4 is 4.74 Å². The number of carbonyl (C=O) groups is 2. The Morgan fingerprint density at radius 3 is 2.32 bits per heavy atom. The molecule has 0 unspecified atom stereocenters. The van der Waals surface area contributed by atoms with Crippen LogP contribution >= 0.6 is 0 Å². The maximum Gasteiger partial charge on any atom is 0.348 e. The van der Waals surface area contributed by atoms with Crippen LogP contribution in [0.15, 0.2) is 54.9 Å². The van der Waals surface area contributed by atoms with Crippen LogP contribution in [0.2, 0.25) is 0 Å². The summed E-state index contributed by atoms with van der Waals surface area (Å²) in [6, 6.07) is 12.6. The molecule has 0 saturated carbocycles. The van der Waals surface area contributed by atoms with Crippen LogP contribution in [-0.4, -0.2) is 45.6 Å². The van der Waals surface area contributed by atoms with Gasteiger partial charge in [0.1, 0.15) is 5.75 Å². The number of hydrogen-bond donors (Lipinski definition) is 1. The van der Waals surface area contributed by atoms with Crippen LogP contribution in [0.5, 0.6) is 5.75 Å². The fraction of sp³-hybridized carbons (Fsp3) is 0.316. The van der Waals surface area contributed by atoms with Gasteiger partial charge in [0.2, 0.25) is 11.5 Å². The summed E-state index contributed by atoms with van der Waals surface area (Å²) in [6.07, 6.45) is 4.13. The topological polar surface area (TPSA) is 79.7 Å². The van der Waals surface area contributed by atoms with E-state index >= 15 is 0 Å². The van der Waals surface area contributed by atoms with Gasteiger partial charge in [0.05, 0.1) is 6.42 Å². The van der Waals surface area contributed by atoms with Gasteiger partial charge in [0, 0.05) is 38.3 Å². The molecule has 0 aliphatic carbocycles. The molecular formula is C19H20N2O4. The molecule has 1 N–H and O–H groups in total. The van der Waals surface area contributed by atoms with E-state index in [1.165, 1.54) is 0 Å². The van der Waals surface area contributed by atoms with Crippen LogP contribution in [0.3, 0.4) is 0 Å². The smallest absolute Gasteiger partial charge is 0.348 e. The number of likely N-dealkylation sites (tertiary alicyclic amines) is 1. The Kier molecular flexibility index (Phi) is 4.97. The van der Waals surface area contributed by atoms with Crippen molar-refractivity contribution >= 4 is 11.9 Å². The van der Waals surface area contributed by atoms with Crippen molar-refractivity contribution in [3.8, 4) is 5.75 Å². The highest BCUT2D eigenvalue weighted by Gasteiger charge is 2.44. The number of amides is 1. The Balaban J connectivity index is 1.64. The second-order valence-corrected chi connectivity index (χ2v) is 6.13. The minimum atomic E-state index is -1.28. The zero-order valence-corrected chi connectivity index (χ0v) is 13.8. The van der Waals surface area contributed by atoms with Gasteiger partial charge in [0.15, 0.2) is 0 Å². The minimum absolute atomic E-state index is 0.00935. The summed E-state index contributed by atoms with van der Waals surface area (Å²) < 4.78 is 5.80. The molecule has 1 saturated heterocycles. The molecule has 0 atom stereocenters. The molecule has 0 radical (unpaired) electrons. The van der Waals surface area contributed by atoms with Crippen molar-refractivity contribution < 1.29 is 19.4 Å². The number of rotatable bonds is 5. The Bertz CT molecular complexity index is 726. The van der Waals surface area contributed by atoms with Crippen molar-refractivity contribution in [3.05, 3.63) is 60.4 Å². The van der Waals surface area contributed by atoms with Gasteiger partial charge in [-0.05, 0) is 29.8 Å². The van der Waals surface area contributed by atoms with Gasteiger partial charge in [-0.3, -0.25) is 9.78 Å². The van der Waals surface area contributed by atoms with E-state index in [0.29, 0.717) is 25.3 Å². The van der Waals surface area contributed by atoms with Crippen molar-refractivity contribution in [2.45, 2.75) is 24.9 Å². The lowest BCUT2D eigenvalue weighted by molar-refractivity contribution is -0.161. The van der Waals surface area contributed by atoms with Crippen molar-refractivity contribution in [1.82, 2.24) is 9.88 Å². The van der Waals surface area contributed by atoms with Crippen LogP contribution in [-0.2, 0) is 16.0 Å². The number of pyridine rings is 1. The number of aromatic nitrogens is 1. The zero-order valence-electron chi connectivity index (χ0n) is 13.8. The van der Waals surface area contributed by atoms with E-state index in [0.717, 1.165) is 5.56 Å². The van der Waals surface area contributed by atoms with Crippen molar-refractivity contribution in [2.75, 3.05) is 13.1 Å². The highest BCUT2D eigenvalue weighted by molar-refractivity contribution is 5.81. The molecule has 0 spiro atoms. The lowest BCUT2D eigenvalue weighted by Crippen LogP contribution is -2.54. The van der Waals surface area contributed by atoms with E-state index in [1.54, 1.807) is 41.6 Å². The lowest BCUT2D eigenvalue weighted by Gasteiger charge is -2.39. The second kappa shape index (κ2) is 7.34. The van der Waals surface area contributed by atoms with Gasteiger partial charge in [0.25, 0.3) is 0 Å². The van der Waals surface area contributed by atoms with E-state index in [1.807, 2.05) is 18.2 Å². The Hall–Kier alpha value is -2.89. The van der Waals surface area contributed by atoms with Crippen molar-refractivity contribution in [1.29, 1.82) is 0 Å². The molecule has 1 aliphatic heterocycles. The summed E-state index contributed by atoms with van der Waals surface area (Å²) in [4.78, 5) is 29.9. The molecule has 2 aromatic rings. The number of aliphatic carboxylic acids is 1. The standard InChI is InChI=1S/C19H20N2O4/c22-17(14-15-6-10-20-11-7-15)21-12-8-19(9-13-21,18(23)24)25-16-4-2-1-3-5-16/h1-7,10-11H,8-9,12-14H2,(H,23,24). The molecule has 130 valence electrons. The predicted octanol–water partition coefficient (Wildman–Crippen LogP) is 2.15. The summed E-state index contributed by atoms with van der Waals surface area (Å²) in [7, 11) is 0. The normalized spacial score (nSPS) is 16.2. The largest absolute Gasteiger partial charge is 0.478 e. The van der Waals surface area contributed by atoms with Gasteiger partial charge < -0.3 is 14.7 Å². The predicted molar refractivity (Wildman–Crippen MR) is 91.2 cm³/mol. The average Bonchev–Trinajstić information content (AvgIpc) is 2.64. The maximum absolute atomic E-state index is 12.4. The second-order valence-electron chi connectivity index (χ2n) is 6.13. The number of carbonyl (C=O) groups excluding carboxylic acids is 1. The number of piperidine rings is 1. The summed E-state index contributed by atoms with van der Waals surface area (Å²) in [5, 5.41) is 9.67. The van der Waals surface area contributed by atoms with E-state index < -0.39 is 11.6 Å². The lowest BCUT2D eigenvalue weighted by atomic mass is 9.90.